The second-order valence-corrected chi connectivity index (χ2v) is 5.68. The quantitative estimate of drug-likeness (QED) is 0.892. The third kappa shape index (κ3) is 7.59. The van der Waals surface area contributed by atoms with Crippen molar-refractivity contribution in [2.24, 2.45) is 0 Å². The van der Waals surface area contributed by atoms with Crippen molar-refractivity contribution in [3.63, 3.8) is 0 Å². The van der Waals surface area contributed by atoms with Gasteiger partial charge in [0.15, 0.2) is 0 Å². The Bertz CT molecular complexity index is 429. The molecule has 136 valence electrons. The highest BCUT2D eigenvalue weighted by Crippen LogP contribution is 2.19. The number of nitrogens with zero attached hydrogens (tertiary/aromatic N) is 1. The molecule has 0 aromatic heterocycles. The Kier molecular flexibility index (Phi) is 9.75. The topological polar surface area (TPSA) is 52.2 Å². The third-order valence-electron chi connectivity index (χ3n) is 3.91. The lowest BCUT2D eigenvalue weighted by Gasteiger charge is -2.23. The lowest BCUT2D eigenvalue weighted by atomic mass is 10.2. The molecule has 1 N–H and O–H groups in total. The van der Waals surface area contributed by atoms with Gasteiger partial charge in [-0.25, -0.2) is 0 Å². The number of hydrogen-bond acceptors (Lipinski definition) is 6. The van der Waals surface area contributed by atoms with Crippen LogP contribution in [0.5, 0.6) is 5.75 Å². The number of methoxy groups -OCH3 is 1. The molecule has 1 aromatic carbocycles. The number of ether oxygens (including phenoxy) is 4. The molecule has 1 aliphatic rings. The van der Waals surface area contributed by atoms with E-state index in [9.17, 15) is 0 Å². The number of rotatable bonds is 3. The molecule has 6 nitrogen and oxygen atoms in total. The highest BCUT2D eigenvalue weighted by atomic mass is 16.5. The van der Waals surface area contributed by atoms with Gasteiger partial charge in [-0.15, -0.1) is 0 Å². The Labute approximate surface area is 145 Å². The predicted molar refractivity (Wildman–Crippen MR) is 93.6 cm³/mol. The standard InChI is InChI=1S/C18H30N2O4/c1-21-18-5-3-2-4-17(18)16-20-8-12-22-10-6-19-7-11-23-14-15-24-13-9-20/h2-5,19H,6-16H2,1H3. The molecule has 0 amide bonds. The fraction of sp³-hybridized carbons (Fsp3) is 0.667. The normalized spacial score (nSPS) is 20.0. The minimum absolute atomic E-state index is 0.638. The van der Waals surface area contributed by atoms with Gasteiger partial charge in [0.2, 0.25) is 0 Å². The Hall–Kier alpha value is -1.18. The molecular weight excluding hydrogens is 308 g/mol. The van der Waals surface area contributed by atoms with Gasteiger partial charge in [0.05, 0.1) is 46.8 Å². The van der Waals surface area contributed by atoms with Crippen LogP contribution in [0.25, 0.3) is 0 Å². The fourth-order valence-corrected chi connectivity index (χ4v) is 2.57. The summed E-state index contributed by atoms with van der Waals surface area (Å²) in [5, 5.41) is 3.30. The van der Waals surface area contributed by atoms with E-state index >= 15 is 0 Å². The van der Waals surface area contributed by atoms with Crippen LogP contribution in [0.2, 0.25) is 0 Å². The summed E-state index contributed by atoms with van der Waals surface area (Å²) in [6, 6.07) is 8.14. The zero-order chi connectivity index (χ0) is 16.9. The molecule has 0 spiro atoms. The van der Waals surface area contributed by atoms with Gasteiger partial charge in [0.25, 0.3) is 0 Å². The molecule has 1 saturated heterocycles. The molecule has 0 atom stereocenters. The Morgan fingerprint density at radius 1 is 0.917 bits per heavy atom. The van der Waals surface area contributed by atoms with Gasteiger partial charge in [-0.05, 0) is 6.07 Å². The summed E-state index contributed by atoms with van der Waals surface area (Å²) in [5.41, 5.74) is 1.18. The van der Waals surface area contributed by atoms with E-state index in [0.29, 0.717) is 33.0 Å². The average Bonchev–Trinajstić information content (AvgIpc) is 2.62. The molecule has 2 rings (SSSR count). The minimum Gasteiger partial charge on any atom is -0.496 e. The smallest absolute Gasteiger partial charge is 0.123 e. The molecule has 1 heterocycles. The van der Waals surface area contributed by atoms with E-state index in [4.69, 9.17) is 18.9 Å². The Morgan fingerprint density at radius 2 is 1.54 bits per heavy atom. The maximum absolute atomic E-state index is 5.72. The van der Waals surface area contributed by atoms with Crippen LogP contribution in [0.3, 0.4) is 0 Å². The maximum Gasteiger partial charge on any atom is 0.123 e. The Balaban J connectivity index is 1.86. The molecule has 0 unspecified atom stereocenters. The van der Waals surface area contributed by atoms with Crippen LogP contribution < -0.4 is 10.1 Å². The number of nitrogens with one attached hydrogen (secondary N) is 1. The SMILES string of the molecule is COc1ccccc1CN1CCOCCNCCOCCOCC1. The van der Waals surface area contributed by atoms with Gasteiger partial charge >= 0.3 is 0 Å². The molecular formula is C18H30N2O4. The van der Waals surface area contributed by atoms with Crippen LogP contribution in [0.4, 0.5) is 0 Å². The molecule has 6 heteroatoms. The summed E-state index contributed by atoms with van der Waals surface area (Å²) in [5.74, 6) is 0.924. The van der Waals surface area contributed by atoms with E-state index in [1.54, 1.807) is 7.11 Å². The van der Waals surface area contributed by atoms with E-state index in [2.05, 4.69) is 16.3 Å². The van der Waals surface area contributed by atoms with Gasteiger partial charge in [0.1, 0.15) is 5.75 Å². The zero-order valence-electron chi connectivity index (χ0n) is 14.7. The number of benzene rings is 1. The van der Waals surface area contributed by atoms with Crippen LogP contribution >= 0.6 is 0 Å². The molecule has 1 fully saturated rings. The van der Waals surface area contributed by atoms with E-state index in [1.165, 1.54) is 5.56 Å². The first-order valence-electron chi connectivity index (χ1n) is 8.68. The zero-order valence-corrected chi connectivity index (χ0v) is 14.7. The summed E-state index contributed by atoms with van der Waals surface area (Å²) in [4.78, 5) is 2.34. The lowest BCUT2D eigenvalue weighted by Crippen LogP contribution is -2.31. The summed E-state index contributed by atoms with van der Waals surface area (Å²) >= 11 is 0. The highest BCUT2D eigenvalue weighted by Gasteiger charge is 2.10. The van der Waals surface area contributed by atoms with Gasteiger partial charge < -0.3 is 24.3 Å². The van der Waals surface area contributed by atoms with Gasteiger partial charge in [-0.1, -0.05) is 18.2 Å². The predicted octanol–water partition coefficient (Wildman–Crippen LogP) is 1.15. The molecule has 0 bridgehead atoms. The summed E-state index contributed by atoms with van der Waals surface area (Å²) < 4.78 is 22.4. The average molecular weight is 338 g/mol. The minimum atomic E-state index is 0.638. The maximum atomic E-state index is 5.72. The molecule has 24 heavy (non-hydrogen) atoms. The van der Waals surface area contributed by atoms with Crippen molar-refractivity contribution in [2.45, 2.75) is 6.54 Å². The van der Waals surface area contributed by atoms with Crippen LogP contribution in [-0.2, 0) is 20.8 Å². The molecule has 0 radical (unpaired) electrons. The van der Waals surface area contributed by atoms with Crippen molar-refractivity contribution >= 4 is 0 Å². The van der Waals surface area contributed by atoms with E-state index in [-0.39, 0.29) is 0 Å². The van der Waals surface area contributed by atoms with Crippen molar-refractivity contribution < 1.29 is 18.9 Å². The van der Waals surface area contributed by atoms with Crippen molar-refractivity contribution in [1.82, 2.24) is 10.2 Å². The molecule has 1 aliphatic heterocycles. The van der Waals surface area contributed by atoms with E-state index < -0.39 is 0 Å². The third-order valence-corrected chi connectivity index (χ3v) is 3.91. The summed E-state index contributed by atoms with van der Waals surface area (Å²) in [6.07, 6.45) is 0. The summed E-state index contributed by atoms with van der Waals surface area (Å²) in [7, 11) is 1.71. The molecule has 0 saturated carbocycles. The van der Waals surface area contributed by atoms with Crippen LogP contribution in [0.15, 0.2) is 24.3 Å². The van der Waals surface area contributed by atoms with Crippen molar-refractivity contribution in [2.75, 3.05) is 72.9 Å². The van der Waals surface area contributed by atoms with Crippen molar-refractivity contribution in [3.05, 3.63) is 29.8 Å². The first kappa shape index (κ1) is 19.1. The second-order valence-electron chi connectivity index (χ2n) is 5.68. The van der Waals surface area contributed by atoms with Crippen LogP contribution in [0.1, 0.15) is 5.56 Å². The van der Waals surface area contributed by atoms with Crippen LogP contribution in [0, 0.1) is 0 Å². The van der Waals surface area contributed by atoms with Gasteiger partial charge in [-0.3, -0.25) is 4.90 Å². The van der Waals surface area contributed by atoms with Crippen LogP contribution in [-0.4, -0.2) is 77.8 Å². The second kappa shape index (κ2) is 12.2. The van der Waals surface area contributed by atoms with Crippen molar-refractivity contribution in [3.8, 4) is 5.75 Å². The monoisotopic (exact) mass is 338 g/mol. The molecule has 0 aliphatic carbocycles. The largest absolute Gasteiger partial charge is 0.496 e. The summed E-state index contributed by atoms with van der Waals surface area (Å²) in [6.45, 7) is 8.38. The van der Waals surface area contributed by atoms with Gasteiger partial charge in [0, 0.05) is 38.3 Å². The highest BCUT2D eigenvalue weighted by molar-refractivity contribution is 5.33. The Morgan fingerprint density at radius 3 is 2.25 bits per heavy atom. The number of para-hydroxylation sites is 1. The number of hydrogen-bond donors (Lipinski definition) is 1. The van der Waals surface area contributed by atoms with Crippen molar-refractivity contribution in [1.29, 1.82) is 0 Å². The lowest BCUT2D eigenvalue weighted by molar-refractivity contribution is 0.0365. The first-order chi connectivity index (χ1) is 11.9. The van der Waals surface area contributed by atoms with Gasteiger partial charge in [-0.2, -0.15) is 0 Å². The fourth-order valence-electron chi connectivity index (χ4n) is 2.57. The molecule has 1 aromatic rings. The van der Waals surface area contributed by atoms with E-state index in [0.717, 1.165) is 45.1 Å². The first-order valence-corrected chi connectivity index (χ1v) is 8.68. The van der Waals surface area contributed by atoms with E-state index in [1.807, 2.05) is 18.2 Å².